The van der Waals surface area contributed by atoms with Crippen LogP contribution in [0, 0.1) is 19.9 Å². The second-order valence-electron chi connectivity index (χ2n) is 6.01. The van der Waals surface area contributed by atoms with Gasteiger partial charge in [-0.15, -0.1) is 6.42 Å². The van der Waals surface area contributed by atoms with Crippen LogP contribution in [0.2, 0.25) is 12.6 Å². The molecule has 0 spiro atoms. The molecule has 0 amide bonds. The van der Waals surface area contributed by atoms with Crippen LogP contribution >= 0.6 is 0 Å². The maximum Gasteiger partial charge on any atom is 4.00 e. The van der Waals surface area contributed by atoms with E-state index >= 15 is 0 Å². The predicted molar refractivity (Wildman–Crippen MR) is 87.4 cm³/mol. The van der Waals surface area contributed by atoms with Crippen LogP contribution in [0.4, 0.5) is 0 Å². The van der Waals surface area contributed by atoms with Crippen molar-refractivity contribution >= 4 is 13.3 Å². The van der Waals surface area contributed by atoms with Crippen molar-refractivity contribution in [3.8, 4) is 0 Å². The minimum absolute atomic E-state index is 0. The van der Waals surface area contributed by atoms with Crippen LogP contribution in [0.25, 0.3) is 0 Å². The van der Waals surface area contributed by atoms with Crippen molar-refractivity contribution in [2.24, 2.45) is 0 Å². The molecule has 23 heavy (non-hydrogen) atoms. The van der Waals surface area contributed by atoms with Gasteiger partial charge in [0.25, 0.3) is 0 Å². The fourth-order valence-corrected chi connectivity index (χ4v) is 7.04. The predicted octanol–water partition coefficient (Wildman–Crippen LogP) is -4.37. The van der Waals surface area contributed by atoms with Gasteiger partial charge in [0, 0.05) is 0 Å². The third-order valence-corrected chi connectivity index (χ3v) is 8.63. The fourth-order valence-electron chi connectivity index (χ4n) is 3.04. The number of allylic oxidation sites excluding steroid dienone is 4. The van der Waals surface area contributed by atoms with Crippen LogP contribution in [-0.2, 0) is 21.7 Å². The van der Waals surface area contributed by atoms with Gasteiger partial charge in [0.05, 0.1) is 8.07 Å². The summed E-state index contributed by atoms with van der Waals surface area (Å²) in [6.07, 6.45) is 11.8. The maximum atomic E-state index is 3.61. The molecule has 5 heteroatoms. The quantitative estimate of drug-likeness (QED) is 0.332. The Morgan fingerprint density at radius 3 is 2.04 bits per heavy atom. The van der Waals surface area contributed by atoms with Gasteiger partial charge < -0.3 is 37.2 Å². The average Bonchev–Trinajstić information content (AvgIpc) is 2.89. The summed E-state index contributed by atoms with van der Waals surface area (Å²) in [5.74, 6) is 0. The monoisotopic (exact) mass is 422 g/mol. The summed E-state index contributed by atoms with van der Waals surface area (Å²) in [5, 5.41) is 3.11. The largest absolute Gasteiger partial charge is 4.00 e. The molecule has 1 unspecified atom stereocenters. The molecule has 126 valence electrons. The Kier molecular flexibility index (Phi) is 15.8. The molecule has 0 saturated heterocycles. The molecule has 0 nitrogen and oxygen atoms in total. The van der Waals surface area contributed by atoms with E-state index in [4.69, 9.17) is 0 Å². The summed E-state index contributed by atoms with van der Waals surface area (Å²) in [5.41, 5.74) is 2.79. The van der Waals surface area contributed by atoms with E-state index in [1.165, 1.54) is 35.2 Å². The third-order valence-electron chi connectivity index (χ3n) is 4.18. The Morgan fingerprint density at radius 2 is 1.61 bits per heavy atom. The minimum atomic E-state index is -1.56. The van der Waals surface area contributed by atoms with Gasteiger partial charge in [-0.2, -0.15) is 6.08 Å². The molecule has 1 aliphatic rings. The first kappa shape index (κ1) is 28.3. The standard InChI is InChI=1S/C18H25Si.3ClH.Ti/c1-5-6-11-19(4,17-9-7-8-10-17)18-13-15(2)12-16(3)14-18;;;;/h7,9,12-14H,5-6,8,11H2,1-4H3;3*1H;/q-1;;;;+4/p-3. The molecule has 1 aromatic carbocycles. The SMILES string of the molecule is CCCC[Si](C)(C1=[C-]CC=C1)c1cc(C)cc(C)c1.[Cl-].[Cl-].[Cl-].[Ti+4]. The van der Waals surface area contributed by atoms with E-state index in [0.717, 1.165) is 6.42 Å². The van der Waals surface area contributed by atoms with Crippen molar-refractivity contribution in [3.05, 3.63) is 52.8 Å². The molecular formula is C18H25Cl3SiTi. The third kappa shape index (κ3) is 7.10. The molecule has 0 N–H and O–H groups in total. The fraction of sp³-hybridized carbons (Fsp3) is 0.444. The zero-order chi connectivity index (χ0) is 13.9. The van der Waals surface area contributed by atoms with Gasteiger partial charge in [-0.05, 0) is 13.8 Å². The summed E-state index contributed by atoms with van der Waals surface area (Å²) in [4.78, 5) is 0. The summed E-state index contributed by atoms with van der Waals surface area (Å²) in [6, 6.07) is 8.45. The first-order valence-corrected chi connectivity index (χ1v) is 10.1. The molecule has 1 aliphatic carbocycles. The molecule has 0 radical (unpaired) electrons. The van der Waals surface area contributed by atoms with Gasteiger partial charge in [0.2, 0.25) is 0 Å². The van der Waals surface area contributed by atoms with Crippen LogP contribution in [0.15, 0.2) is 35.5 Å². The van der Waals surface area contributed by atoms with Gasteiger partial charge >= 0.3 is 21.7 Å². The van der Waals surface area contributed by atoms with Crippen LogP contribution in [0.3, 0.4) is 0 Å². The normalized spacial score (nSPS) is 14.3. The molecule has 0 aliphatic heterocycles. The summed E-state index contributed by atoms with van der Waals surface area (Å²) in [6.45, 7) is 9.25. The Labute approximate surface area is 176 Å². The molecule has 1 atom stereocenters. The van der Waals surface area contributed by atoms with E-state index in [0.29, 0.717) is 0 Å². The van der Waals surface area contributed by atoms with Crippen molar-refractivity contribution in [2.45, 2.75) is 52.6 Å². The number of benzene rings is 1. The number of halogens is 3. The molecule has 1 aromatic rings. The zero-order valence-corrected chi connectivity index (χ0v) is 19.2. The van der Waals surface area contributed by atoms with E-state index in [1.54, 1.807) is 5.19 Å². The average molecular weight is 424 g/mol. The van der Waals surface area contributed by atoms with Gasteiger partial charge in [0.15, 0.2) is 0 Å². The first-order valence-electron chi connectivity index (χ1n) is 7.43. The van der Waals surface area contributed by atoms with Crippen molar-refractivity contribution in [1.82, 2.24) is 0 Å². The second kappa shape index (κ2) is 12.8. The van der Waals surface area contributed by atoms with Crippen LogP contribution in [0.5, 0.6) is 0 Å². The van der Waals surface area contributed by atoms with Crippen molar-refractivity contribution in [1.29, 1.82) is 0 Å². The molecular weight excluding hydrogens is 399 g/mol. The van der Waals surface area contributed by atoms with Crippen molar-refractivity contribution < 1.29 is 58.9 Å². The van der Waals surface area contributed by atoms with E-state index < -0.39 is 8.07 Å². The summed E-state index contributed by atoms with van der Waals surface area (Å²) in [7, 11) is -1.56. The minimum Gasteiger partial charge on any atom is -1.00 e. The van der Waals surface area contributed by atoms with Crippen LogP contribution in [-0.4, -0.2) is 8.07 Å². The molecule has 0 saturated carbocycles. The molecule has 0 bridgehead atoms. The van der Waals surface area contributed by atoms with Gasteiger partial charge in [-0.1, -0.05) is 66.9 Å². The summed E-state index contributed by atoms with van der Waals surface area (Å²) < 4.78 is 0. The van der Waals surface area contributed by atoms with E-state index in [9.17, 15) is 0 Å². The molecule has 0 heterocycles. The number of rotatable bonds is 5. The molecule has 0 fully saturated rings. The van der Waals surface area contributed by atoms with Gasteiger partial charge in [-0.25, -0.2) is 11.3 Å². The number of aryl methyl sites for hydroxylation is 2. The van der Waals surface area contributed by atoms with Crippen LogP contribution < -0.4 is 42.4 Å². The topological polar surface area (TPSA) is 0 Å². The maximum absolute atomic E-state index is 3.61. The Hall–Kier alpha value is 0.501. The Balaban J connectivity index is -0.000001000. The number of hydrogen-bond acceptors (Lipinski definition) is 0. The van der Waals surface area contributed by atoms with E-state index in [1.807, 2.05) is 0 Å². The molecule has 0 aromatic heterocycles. The first-order chi connectivity index (χ1) is 9.06. The second-order valence-corrected chi connectivity index (χ2v) is 10.3. The Bertz CT molecular complexity index is 509. The summed E-state index contributed by atoms with van der Waals surface area (Å²) >= 11 is 0. The van der Waals surface area contributed by atoms with E-state index in [-0.39, 0.29) is 58.9 Å². The van der Waals surface area contributed by atoms with E-state index in [2.05, 4.69) is 63.7 Å². The Morgan fingerprint density at radius 1 is 1.04 bits per heavy atom. The van der Waals surface area contributed by atoms with Gasteiger partial charge in [-0.3, -0.25) is 6.08 Å². The smallest absolute Gasteiger partial charge is 1.00 e. The van der Waals surface area contributed by atoms with Crippen molar-refractivity contribution in [3.63, 3.8) is 0 Å². The van der Waals surface area contributed by atoms with Crippen LogP contribution in [0.1, 0.15) is 37.3 Å². The number of hydrogen-bond donors (Lipinski definition) is 0. The number of unbranched alkanes of at least 4 members (excludes halogenated alkanes) is 1. The molecule has 2 rings (SSSR count). The van der Waals surface area contributed by atoms with Crippen molar-refractivity contribution in [2.75, 3.05) is 0 Å². The van der Waals surface area contributed by atoms with Gasteiger partial charge in [0.1, 0.15) is 0 Å². The zero-order valence-electron chi connectivity index (χ0n) is 14.3.